The number of nitrogens with one attached hydrogen (secondary N) is 1. The van der Waals surface area contributed by atoms with E-state index in [4.69, 9.17) is 9.84 Å². The lowest BCUT2D eigenvalue weighted by molar-refractivity contribution is 0.193. The van der Waals surface area contributed by atoms with Crippen LogP contribution in [0.3, 0.4) is 0 Å². The molecule has 1 aromatic heterocycles. The lowest BCUT2D eigenvalue weighted by Gasteiger charge is -2.21. The molecule has 0 unspecified atom stereocenters. The Labute approximate surface area is 142 Å². The van der Waals surface area contributed by atoms with Gasteiger partial charge in [-0.25, -0.2) is 4.98 Å². The van der Waals surface area contributed by atoms with Gasteiger partial charge in [0.2, 0.25) is 5.95 Å². The Morgan fingerprint density at radius 3 is 2.83 bits per heavy atom. The molecular weight excluding hydrogens is 304 g/mol. The van der Waals surface area contributed by atoms with Gasteiger partial charge < -0.3 is 20.1 Å². The van der Waals surface area contributed by atoms with Crippen LogP contribution in [-0.4, -0.2) is 48.5 Å². The number of rotatable bonds is 7. The summed E-state index contributed by atoms with van der Waals surface area (Å²) in [5.41, 5.74) is 2.23. The fraction of sp³-hybridized carbons (Fsp3) is 0.444. The third kappa shape index (κ3) is 4.21. The molecule has 6 heteroatoms. The maximum Gasteiger partial charge on any atom is 0.224 e. The van der Waals surface area contributed by atoms with Crippen LogP contribution in [0.1, 0.15) is 23.6 Å². The molecule has 0 bridgehead atoms. The topological polar surface area (TPSA) is 70.5 Å². The number of anilines is 2. The Morgan fingerprint density at radius 1 is 1.29 bits per heavy atom. The van der Waals surface area contributed by atoms with Gasteiger partial charge in [-0.2, -0.15) is 4.98 Å². The molecule has 1 aliphatic rings. The molecule has 1 aliphatic heterocycles. The van der Waals surface area contributed by atoms with Gasteiger partial charge in [0.05, 0.1) is 18.9 Å². The third-order valence-electron chi connectivity index (χ3n) is 4.13. The van der Waals surface area contributed by atoms with E-state index in [9.17, 15) is 0 Å². The molecule has 3 rings (SSSR count). The average molecular weight is 328 g/mol. The molecule has 0 saturated carbocycles. The predicted molar refractivity (Wildman–Crippen MR) is 94.3 cm³/mol. The van der Waals surface area contributed by atoms with Gasteiger partial charge in [0.1, 0.15) is 5.82 Å². The van der Waals surface area contributed by atoms with Crippen molar-refractivity contribution in [2.24, 2.45) is 0 Å². The molecule has 1 atom stereocenters. The van der Waals surface area contributed by atoms with Crippen molar-refractivity contribution in [1.29, 1.82) is 0 Å². The lowest BCUT2D eigenvalue weighted by atomic mass is 10.0. The Balaban J connectivity index is 1.82. The molecule has 1 fully saturated rings. The van der Waals surface area contributed by atoms with Gasteiger partial charge in [0.15, 0.2) is 0 Å². The Kier molecular flexibility index (Phi) is 5.61. The van der Waals surface area contributed by atoms with Crippen LogP contribution in [-0.2, 0) is 11.3 Å². The number of nitrogens with zero attached hydrogens (tertiary/aromatic N) is 3. The maximum atomic E-state index is 9.03. The molecule has 6 nitrogen and oxygen atoms in total. The second-order valence-electron chi connectivity index (χ2n) is 6.03. The minimum absolute atomic E-state index is 0.0509. The van der Waals surface area contributed by atoms with Crippen molar-refractivity contribution < 1.29 is 9.84 Å². The van der Waals surface area contributed by atoms with E-state index in [1.807, 2.05) is 31.3 Å². The number of hydrogen-bond donors (Lipinski definition) is 2. The quantitative estimate of drug-likeness (QED) is 0.810. The Bertz CT molecular complexity index is 645. The van der Waals surface area contributed by atoms with Crippen molar-refractivity contribution in [3.63, 3.8) is 0 Å². The van der Waals surface area contributed by atoms with Crippen LogP contribution in [0.5, 0.6) is 0 Å². The van der Waals surface area contributed by atoms with Gasteiger partial charge in [-0.15, -0.1) is 0 Å². The van der Waals surface area contributed by atoms with Crippen molar-refractivity contribution >= 4 is 11.8 Å². The first-order valence-electron chi connectivity index (χ1n) is 8.33. The summed E-state index contributed by atoms with van der Waals surface area (Å²) in [6.45, 7) is 2.75. The second-order valence-corrected chi connectivity index (χ2v) is 6.03. The van der Waals surface area contributed by atoms with E-state index in [0.717, 1.165) is 31.1 Å². The molecule has 0 spiro atoms. The molecule has 2 heterocycles. The number of aliphatic hydroxyl groups is 1. The number of aromatic nitrogens is 2. The smallest absolute Gasteiger partial charge is 0.224 e. The monoisotopic (exact) mass is 328 g/mol. The van der Waals surface area contributed by atoms with Crippen molar-refractivity contribution in [2.45, 2.75) is 18.9 Å². The highest BCUT2D eigenvalue weighted by Gasteiger charge is 2.21. The molecule has 0 aliphatic carbocycles. The summed E-state index contributed by atoms with van der Waals surface area (Å²) in [5.74, 6) is 1.74. The maximum absolute atomic E-state index is 9.03. The van der Waals surface area contributed by atoms with Crippen LogP contribution in [0.15, 0.2) is 36.4 Å². The van der Waals surface area contributed by atoms with Crippen molar-refractivity contribution in [3.05, 3.63) is 47.7 Å². The lowest BCUT2D eigenvalue weighted by Crippen LogP contribution is -2.20. The average Bonchev–Trinajstić information content (AvgIpc) is 3.15. The summed E-state index contributed by atoms with van der Waals surface area (Å²) < 4.78 is 5.49. The summed E-state index contributed by atoms with van der Waals surface area (Å²) in [4.78, 5) is 11.3. The van der Waals surface area contributed by atoms with Crippen LogP contribution in [0, 0.1) is 0 Å². The largest absolute Gasteiger partial charge is 0.395 e. The van der Waals surface area contributed by atoms with Gasteiger partial charge in [-0.05, 0) is 12.0 Å². The van der Waals surface area contributed by atoms with E-state index in [2.05, 4.69) is 32.3 Å². The predicted octanol–water partition coefficient (Wildman–Crippen LogP) is 2.02. The number of hydrogen-bond acceptors (Lipinski definition) is 6. The zero-order valence-corrected chi connectivity index (χ0v) is 14.0. The van der Waals surface area contributed by atoms with Gasteiger partial charge in [-0.1, -0.05) is 30.3 Å². The molecule has 1 saturated heterocycles. The van der Waals surface area contributed by atoms with Gasteiger partial charge >= 0.3 is 0 Å². The number of aliphatic hydroxyl groups excluding tert-OH is 1. The molecule has 0 radical (unpaired) electrons. The highest BCUT2D eigenvalue weighted by atomic mass is 16.5. The summed E-state index contributed by atoms with van der Waals surface area (Å²) in [7, 11) is 2.03. The Hall–Kier alpha value is -2.18. The van der Waals surface area contributed by atoms with E-state index in [0.29, 0.717) is 25.0 Å². The highest BCUT2D eigenvalue weighted by Crippen LogP contribution is 2.27. The first kappa shape index (κ1) is 16.7. The Morgan fingerprint density at radius 2 is 2.12 bits per heavy atom. The highest BCUT2D eigenvalue weighted by molar-refractivity contribution is 5.46. The van der Waals surface area contributed by atoms with Crippen LogP contribution >= 0.6 is 0 Å². The number of ether oxygens (including phenoxy) is 1. The van der Waals surface area contributed by atoms with Crippen molar-refractivity contribution in [3.8, 4) is 0 Å². The van der Waals surface area contributed by atoms with Crippen LogP contribution in [0.25, 0.3) is 0 Å². The zero-order valence-electron chi connectivity index (χ0n) is 14.0. The van der Waals surface area contributed by atoms with Crippen LogP contribution in [0.4, 0.5) is 11.8 Å². The molecule has 2 N–H and O–H groups in total. The first-order valence-corrected chi connectivity index (χ1v) is 8.33. The molecule has 128 valence electrons. The molecule has 2 aromatic rings. The van der Waals surface area contributed by atoms with Crippen LogP contribution < -0.4 is 10.2 Å². The minimum Gasteiger partial charge on any atom is -0.395 e. The zero-order chi connectivity index (χ0) is 16.8. The molecule has 24 heavy (non-hydrogen) atoms. The van der Waals surface area contributed by atoms with E-state index in [1.54, 1.807) is 0 Å². The molecule has 1 aromatic carbocycles. The summed E-state index contributed by atoms with van der Waals surface area (Å²) in [6, 6.07) is 12.4. The normalized spacial score (nSPS) is 17.0. The fourth-order valence-corrected chi connectivity index (χ4v) is 2.81. The third-order valence-corrected chi connectivity index (χ3v) is 4.13. The van der Waals surface area contributed by atoms with Crippen LogP contribution in [0.2, 0.25) is 0 Å². The van der Waals surface area contributed by atoms with Gasteiger partial charge in [0.25, 0.3) is 0 Å². The van der Waals surface area contributed by atoms with E-state index < -0.39 is 0 Å². The van der Waals surface area contributed by atoms with E-state index in [1.165, 1.54) is 5.56 Å². The second kappa shape index (κ2) is 8.08. The van der Waals surface area contributed by atoms with Crippen molar-refractivity contribution in [1.82, 2.24) is 9.97 Å². The van der Waals surface area contributed by atoms with E-state index in [-0.39, 0.29) is 6.61 Å². The van der Waals surface area contributed by atoms with E-state index >= 15 is 0 Å². The summed E-state index contributed by atoms with van der Waals surface area (Å²) >= 11 is 0. The summed E-state index contributed by atoms with van der Waals surface area (Å²) in [6.07, 6.45) is 0.984. The molecule has 0 amide bonds. The summed E-state index contributed by atoms with van der Waals surface area (Å²) in [5, 5.41) is 12.1. The SMILES string of the molecule is CN(Cc1ccccc1)c1cc([C@H]2CCOC2)nc(NCCO)n1. The molecular formula is C18H24N4O2. The fourth-order valence-electron chi connectivity index (χ4n) is 2.81. The number of benzene rings is 1. The van der Waals surface area contributed by atoms with Gasteiger partial charge in [0, 0.05) is 38.7 Å². The standard InChI is InChI=1S/C18H24N4O2/c1-22(12-14-5-3-2-4-6-14)17-11-16(15-7-10-24-13-15)20-18(21-17)19-8-9-23/h2-6,11,15,23H,7-10,12-13H2,1H3,(H,19,20,21)/t15-/m0/s1. The van der Waals surface area contributed by atoms with Gasteiger partial charge in [-0.3, -0.25) is 0 Å². The van der Waals surface area contributed by atoms with Crippen molar-refractivity contribution in [2.75, 3.05) is 43.6 Å². The minimum atomic E-state index is 0.0509. The first-order chi connectivity index (χ1) is 11.8.